The minimum atomic E-state index is -0.889. The predicted molar refractivity (Wildman–Crippen MR) is 69.8 cm³/mol. The van der Waals surface area contributed by atoms with Gasteiger partial charge < -0.3 is 9.84 Å². The van der Waals surface area contributed by atoms with Crippen LogP contribution < -0.4 is 0 Å². The SMILES string of the molecule is CCCOCC(C)(O)c1ccc(I)cc1. The summed E-state index contributed by atoms with van der Waals surface area (Å²) in [7, 11) is 0. The summed E-state index contributed by atoms with van der Waals surface area (Å²) in [5.74, 6) is 0. The average molecular weight is 320 g/mol. The summed E-state index contributed by atoms with van der Waals surface area (Å²) in [5.41, 5.74) is 0.0125. The van der Waals surface area contributed by atoms with Gasteiger partial charge in [0.1, 0.15) is 5.60 Å². The molecular formula is C12H17IO2. The fourth-order valence-electron chi connectivity index (χ4n) is 1.31. The van der Waals surface area contributed by atoms with Crippen LogP contribution in [0.1, 0.15) is 25.8 Å². The van der Waals surface area contributed by atoms with Crippen LogP contribution in [0.3, 0.4) is 0 Å². The van der Waals surface area contributed by atoms with E-state index in [1.165, 1.54) is 3.57 Å². The molecule has 0 bridgehead atoms. The van der Waals surface area contributed by atoms with E-state index < -0.39 is 5.60 Å². The fraction of sp³-hybridized carbons (Fsp3) is 0.500. The number of hydrogen-bond donors (Lipinski definition) is 1. The van der Waals surface area contributed by atoms with Crippen LogP contribution in [0.2, 0.25) is 0 Å². The van der Waals surface area contributed by atoms with Gasteiger partial charge in [0.15, 0.2) is 0 Å². The van der Waals surface area contributed by atoms with Crippen molar-refractivity contribution in [2.75, 3.05) is 13.2 Å². The third-order valence-corrected chi connectivity index (χ3v) is 2.92. The molecule has 1 aromatic rings. The lowest BCUT2D eigenvalue weighted by atomic mass is 9.97. The Morgan fingerprint density at radius 1 is 1.33 bits per heavy atom. The number of ether oxygens (including phenoxy) is 1. The standard InChI is InChI=1S/C12H17IO2/c1-3-8-15-9-12(2,14)10-4-6-11(13)7-5-10/h4-7,14H,3,8-9H2,1-2H3. The zero-order valence-electron chi connectivity index (χ0n) is 9.16. The molecule has 0 radical (unpaired) electrons. The molecule has 1 atom stereocenters. The Morgan fingerprint density at radius 3 is 2.47 bits per heavy atom. The van der Waals surface area contributed by atoms with E-state index in [9.17, 15) is 5.11 Å². The first kappa shape index (κ1) is 12.9. The highest BCUT2D eigenvalue weighted by atomic mass is 127. The lowest BCUT2D eigenvalue weighted by molar-refractivity contribution is -0.0375. The van der Waals surface area contributed by atoms with Crippen molar-refractivity contribution in [1.82, 2.24) is 0 Å². The number of benzene rings is 1. The molecule has 0 fully saturated rings. The van der Waals surface area contributed by atoms with E-state index in [2.05, 4.69) is 29.5 Å². The van der Waals surface area contributed by atoms with Crippen molar-refractivity contribution in [1.29, 1.82) is 0 Å². The van der Waals surface area contributed by atoms with Crippen molar-refractivity contribution < 1.29 is 9.84 Å². The van der Waals surface area contributed by atoms with Crippen LogP contribution in [-0.4, -0.2) is 18.3 Å². The lowest BCUT2D eigenvalue weighted by Gasteiger charge is -2.23. The second kappa shape index (κ2) is 5.82. The smallest absolute Gasteiger partial charge is 0.110 e. The lowest BCUT2D eigenvalue weighted by Crippen LogP contribution is -2.27. The molecule has 1 N–H and O–H groups in total. The molecule has 0 saturated carbocycles. The third kappa shape index (κ3) is 4.09. The molecule has 84 valence electrons. The zero-order chi connectivity index (χ0) is 11.3. The highest BCUT2D eigenvalue weighted by molar-refractivity contribution is 14.1. The van der Waals surface area contributed by atoms with Crippen molar-refractivity contribution in [3.05, 3.63) is 33.4 Å². The Labute approximate surface area is 105 Å². The molecule has 0 aliphatic rings. The monoisotopic (exact) mass is 320 g/mol. The molecule has 0 aliphatic heterocycles. The van der Waals surface area contributed by atoms with Crippen LogP contribution >= 0.6 is 22.6 Å². The van der Waals surface area contributed by atoms with E-state index in [0.29, 0.717) is 13.2 Å². The van der Waals surface area contributed by atoms with Crippen molar-refractivity contribution in [3.63, 3.8) is 0 Å². The molecule has 1 rings (SSSR count). The molecule has 0 spiro atoms. The Morgan fingerprint density at radius 2 is 1.93 bits per heavy atom. The summed E-state index contributed by atoms with van der Waals surface area (Å²) in [4.78, 5) is 0. The molecule has 3 heteroatoms. The Balaban J connectivity index is 2.63. The van der Waals surface area contributed by atoms with E-state index in [1.807, 2.05) is 24.3 Å². The van der Waals surface area contributed by atoms with Crippen LogP contribution in [0.5, 0.6) is 0 Å². The van der Waals surface area contributed by atoms with Crippen LogP contribution in [0.25, 0.3) is 0 Å². The summed E-state index contributed by atoms with van der Waals surface area (Å²) in [5, 5.41) is 10.2. The molecule has 0 amide bonds. The molecule has 15 heavy (non-hydrogen) atoms. The quantitative estimate of drug-likeness (QED) is 0.668. The summed E-state index contributed by atoms with van der Waals surface area (Å²) in [6.45, 7) is 4.88. The second-order valence-electron chi connectivity index (χ2n) is 3.83. The van der Waals surface area contributed by atoms with Gasteiger partial charge in [-0.2, -0.15) is 0 Å². The number of rotatable bonds is 5. The fourth-order valence-corrected chi connectivity index (χ4v) is 1.67. The van der Waals surface area contributed by atoms with Gasteiger partial charge in [0.05, 0.1) is 6.61 Å². The third-order valence-electron chi connectivity index (χ3n) is 2.20. The van der Waals surface area contributed by atoms with E-state index in [0.717, 1.165) is 12.0 Å². The highest BCUT2D eigenvalue weighted by Gasteiger charge is 2.22. The molecule has 0 heterocycles. The zero-order valence-corrected chi connectivity index (χ0v) is 11.3. The van der Waals surface area contributed by atoms with Gasteiger partial charge in [-0.1, -0.05) is 19.1 Å². The van der Waals surface area contributed by atoms with Crippen molar-refractivity contribution in [2.24, 2.45) is 0 Å². The summed E-state index contributed by atoms with van der Waals surface area (Å²) in [6.07, 6.45) is 0.975. The number of hydrogen-bond acceptors (Lipinski definition) is 2. The molecule has 2 nitrogen and oxygen atoms in total. The first-order chi connectivity index (χ1) is 7.06. The minimum Gasteiger partial charge on any atom is -0.383 e. The summed E-state index contributed by atoms with van der Waals surface area (Å²) in [6, 6.07) is 7.86. The maximum absolute atomic E-state index is 10.2. The van der Waals surface area contributed by atoms with E-state index in [4.69, 9.17) is 4.74 Å². The van der Waals surface area contributed by atoms with Gasteiger partial charge in [-0.3, -0.25) is 0 Å². The van der Waals surface area contributed by atoms with Crippen LogP contribution in [0.4, 0.5) is 0 Å². The summed E-state index contributed by atoms with van der Waals surface area (Å²) < 4.78 is 6.55. The van der Waals surface area contributed by atoms with Gasteiger partial charge in [0.2, 0.25) is 0 Å². The molecular weight excluding hydrogens is 303 g/mol. The molecule has 0 aliphatic carbocycles. The van der Waals surface area contributed by atoms with E-state index in [1.54, 1.807) is 6.92 Å². The molecule has 0 aromatic heterocycles. The molecule has 0 saturated heterocycles. The Hall–Kier alpha value is -0.130. The van der Waals surface area contributed by atoms with Crippen molar-refractivity contribution in [3.8, 4) is 0 Å². The number of halogens is 1. The van der Waals surface area contributed by atoms with Gasteiger partial charge in [0, 0.05) is 10.2 Å². The van der Waals surface area contributed by atoms with Crippen LogP contribution in [0, 0.1) is 3.57 Å². The predicted octanol–water partition coefficient (Wildman–Crippen LogP) is 2.93. The molecule has 1 aromatic carbocycles. The van der Waals surface area contributed by atoms with E-state index >= 15 is 0 Å². The van der Waals surface area contributed by atoms with Crippen molar-refractivity contribution >= 4 is 22.6 Å². The molecule has 1 unspecified atom stereocenters. The van der Waals surface area contributed by atoms with Crippen LogP contribution in [-0.2, 0) is 10.3 Å². The van der Waals surface area contributed by atoms with Gasteiger partial charge in [-0.05, 0) is 53.6 Å². The average Bonchev–Trinajstić information content (AvgIpc) is 2.18. The maximum Gasteiger partial charge on any atom is 0.110 e. The topological polar surface area (TPSA) is 29.5 Å². The van der Waals surface area contributed by atoms with E-state index in [-0.39, 0.29) is 0 Å². The first-order valence-electron chi connectivity index (χ1n) is 5.12. The van der Waals surface area contributed by atoms with Crippen molar-refractivity contribution in [2.45, 2.75) is 25.9 Å². The Kier molecular flexibility index (Phi) is 5.02. The Bertz CT molecular complexity index is 293. The summed E-state index contributed by atoms with van der Waals surface area (Å²) >= 11 is 2.25. The van der Waals surface area contributed by atoms with Gasteiger partial charge in [-0.25, -0.2) is 0 Å². The first-order valence-corrected chi connectivity index (χ1v) is 6.20. The normalized spacial score (nSPS) is 14.9. The van der Waals surface area contributed by atoms with Gasteiger partial charge in [0.25, 0.3) is 0 Å². The minimum absolute atomic E-state index is 0.349. The second-order valence-corrected chi connectivity index (χ2v) is 5.08. The van der Waals surface area contributed by atoms with Gasteiger partial charge in [-0.15, -0.1) is 0 Å². The maximum atomic E-state index is 10.2. The van der Waals surface area contributed by atoms with Crippen LogP contribution in [0.15, 0.2) is 24.3 Å². The van der Waals surface area contributed by atoms with Gasteiger partial charge >= 0.3 is 0 Å². The number of aliphatic hydroxyl groups is 1. The largest absolute Gasteiger partial charge is 0.383 e. The highest BCUT2D eigenvalue weighted by Crippen LogP contribution is 2.21.